The SMILES string of the molecule is C#CCCN1CCCC(F)(CO)C1. The van der Waals surface area contributed by atoms with Crippen molar-refractivity contribution in [3.63, 3.8) is 0 Å². The van der Waals surface area contributed by atoms with E-state index in [2.05, 4.69) is 5.92 Å². The third-order valence-electron chi connectivity index (χ3n) is 2.46. The normalized spacial score (nSPS) is 29.9. The Morgan fingerprint density at radius 2 is 2.38 bits per heavy atom. The van der Waals surface area contributed by atoms with Crippen LogP contribution in [0.1, 0.15) is 19.3 Å². The Morgan fingerprint density at radius 1 is 1.62 bits per heavy atom. The van der Waals surface area contributed by atoms with Crippen molar-refractivity contribution in [2.45, 2.75) is 24.9 Å². The van der Waals surface area contributed by atoms with E-state index in [4.69, 9.17) is 11.5 Å². The minimum atomic E-state index is -1.40. The number of aliphatic hydroxyl groups is 1. The van der Waals surface area contributed by atoms with Gasteiger partial charge in [0.15, 0.2) is 0 Å². The number of nitrogens with zero attached hydrogens (tertiary/aromatic N) is 1. The van der Waals surface area contributed by atoms with Crippen LogP contribution in [0.4, 0.5) is 4.39 Å². The first kappa shape index (κ1) is 10.5. The standard InChI is InChI=1S/C10H16FNO/c1-2-3-6-12-7-4-5-10(11,8-12)9-13/h1,13H,3-9H2. The van der Waals surface area contributed by atoms with E-state index >= 15 is 0 Å². The monoisotopic (exact) mass is 185 g/mol. The van der Waals surface area contributed by atoms with Gasteiger partial charge in [-0.2, -0.15) is 0 Å². The molecule has 1 rings (SSSR count). The van der Waals surface area contributed by atoms with Crippen molar-refractivity contribution in [2.24, 2.45) is 0 Å². The third kappa shape index (κ3) is 2.98. The Morgan fingerprint density at radius 3 is 3.00 bits per heavy atom. The molecule has 1 heterocycles. The smallest absolute Gasteiger partial charge is 0.146 e. The molecular weight excluding hydrogens is 169 g/mol. The fourth-order valence-corrected chi connectivity index (χ4v) is 1.72. The molecule has 0 saturated carbocycles. The molecule has 74 valence electrons. The molecule has 1 saturated heterocycles. The van der Waals surface area contributed by atoms with Crippen molar-refractivity contribution in [3.8, 4) is 12.3 Å². The molecule has 1 atom stereocenters. The quantitative estimate of drug-likeness (QED) is 0.658. The molecule has 0 aromatic rings. The minimum absolute atomic E-state index is 0.325. The number of halogens is 1. The third-order valence-corrected chi connectivity index (χ3v) is 2.46. The largest absolute Gasteiger partial charge is 0.393 e. The first-order valence-electron chi connectivity index (χ1n) is 4.66. The van der Waals surface area contributed by atoms with Crippen LogP contribution in [0.3, 0.4) is 0 Å². The van der Waals surface area contributed by atoms with Crippen LogP contribution in [0.5, 0.6) is 0 Å². The number of hydrogen-bond donors (Lipinski definition) is 1. The highest BCUT2D eigenvalue weighted by atomic mass is 19.1. The molecule has 0 bridgehead atoms. The van der Waals surface area contributed by atoms with Gasteiger partial charge in [0.2, 0.25) is 0 Å². The van der Waals surface area contributed by atoms with Gasteiger partial charge in [-0.05, 0) is 19.4 Å². The van der Waals surface area contributed by atoms with Gasteiger partial charge in [-0.15, -0.1) is 12.3 Å². The molecule has 0 aromatic carbocycles. The number of hydrogen-bond acceptors (Lipinski definition) is 2. The van der Waals surface area contributed by atoms with E-state index in [0.29, 0.717) is 19.4 Å². The van der Waals surface area contributed by atoms with Gasteiger partial charge in [0.1, 0.15) is 5.67 Å². The minimum Gasteiger partial charge on any atom is -0.393 e. The van der Waals surface area contributed by atoms with E-state index in [1.165, 1.54) is 0 Å². The molecule has 0 aliphatic carbocycles. The summed E-state index contributed by atoms with van der Waals surface area (Å²) in [4.78, 5) is 1.99. The van der Waals surface area contributed by atoms with Crippen molar-refractivity contribution in [1.82, 2.24) is 4.90 Å². The fourth-order valence-electron chi connectivity index (χ4n) is 1.72. The number of piperidine rings is 1. The van der Waals surface area contributed by atoms with E-state index in [1.807, 2.05) is 4.90 Å². The van der Waals surface area contributed by atoms with Crippen molar-refractivity contribution in [3.05, 3.63) is 0 Å². The zero-order chi connectivity index (χ0) is 9.73. The topological polar surface area (TPSA) is 23.5 Å². The molecule has 1 N–H and O–H groups in total. The van der Waals surface area contributed by atoms with Crippen molar-refractivity contribution in [2.75, 3.05) is 26.2 Å². The van der Waals surface area contributed by atoms with Crippen LogP contribution in [-0.4, -0.2) is 41.9 Å². The molecule has 1 fully saturated rings. The zero-order valence-electron chi connectivity index (χ0n) is 7.80. The van der Waals surface area contributed by atoms with Crippen LogP contribution in [0.25, 0.3) is 0 Å². The average Bonchev–Trinajstić information content (AvgIpc) is 2.15. The van der Waals surface area contributed by atoms with Gasteiger partial charge in [0, 0.05) is 19.5 Å². The zero-order valence-corrected chi connectivity index (χ0v) is 7.80. The molecule has 0 spiro atoms. The Kier molecular flexibility index (Phi) is 3.71. The Bertz CT molecular complexity index is 202. The molecule has 0 radical (unpaired) electrons. The van der Waals surface area contributed by atoms with Crippen LogP contribution in [0.15, 0.2) is 0 Å². The summed E-state index contributed by atoms with van der Waals surface area (Å²) in [6.07, 6.45) is 7.06. The summed E-state index contributed by atoms with van der Waals surface area (Å²) in [5.74, 6) is 2.53. The van der Waals surface area contributed by atoms with Gasteiger partial charge in [0.05, 0.1) is 6.61 Å². The summed E-state index contributed by atoms with van der Waals surface area (Å²) in [6.45, 7) is 1.58. The number of alkyl halides is 1. The molecule has 2 nitrogen and oxygen atoms in total. The summed E-state index contributed by atoms with van der Waals surface area (Å²) in [5.41, 5.74) is -1.40. The van der Waals surface area contributed by atoms with E-state index in [1.54, 1.807) is 0 Å². The van der Waals surface area contributed by atoms with Gasteiger partial charge in [-0.25, -0.2) is 4.39 Å². The molecular formula is C10H16FNO. The summed E-state index contributed by atoms with van der Waals surface area (Å²) < 4.78 is 13.6. The Balaban J connectivity index is 2.38. The first-order chi connectivity index (χ1) is 6.20. The number of terminal acetylenes is 1. The summed E-state index contributed by atoms with van der Waals surface area (Å²) in [5, 5.41) is 8.85. The Hall–Kier alpha value is -0.590. The van der Waals surface area contributed by atoms with Gasteiger partial charge in [0.25, 0.3) is 0 Å². The molecule has 3 heteroatoms. The van der Waals surface area contributed by atoms with Gasteiger partial charge in [-0.1, -0.05) is 0 Å². The van der Waals surface area contributed by atoms with Gasteiger partial charge in [-0.3, -0.25) is 4.90 Å². The van der Waals surface area contributed by atoms with E-state index in [-0.39, 0.29) is 6.61 Å². The summed E-state index contributed by atoms with van der Waals surface area (Å²) >= 11 is 0. The highest BCUT2D eigenvalue weighted by Crippen LogP contribution is 2.24. The van der Waals surface area contributed by atoms with E-state index in [0.717, 1.165) is 19.5 Å². The molecule has 1 unspecified atom stereocenters. The summed E-state index contributed by atoms with van der Waals surface area (Å²) in [7, 11) is 0. The maximum Gasteiger partial charge on any atom is 0.146 e. The van der Waals surface area contributed by atoms with Crippen LogP contribution >= 0.6 is 0 Å². The lowest BCUT2D eigenvalue weighted by Gasteiger charge is -2.35. The van der Waals surface area contributed by atoms with Gasteiger partial charge < -0.3 is 5.11 Å². The second-order valence-corrected chi connectivity index (χ2v) is 3.64. The average molecular weight is 185 g/mol. The number of likely N-dealkylation sites (tertiary alicyclic amines) is 1. The lowest BCUT2D eigenvalue weighted by Crippen LogP contribution is -2.47. The lowest BCUT2D eigenvalue weighted by atomic mass is 9.95. The predicted octanol–water partition coefficient (Wildman–Crippen LogP) is 0.806. The molecule has 0 amide bonds. The van der Waals surface area contributed by atoms with Gasteiger partial charge >= 0.3 is 0 Å². The fraction of sp³-hybridized carbons (Fsp3) is 0.800. The van der Waals surface area contributed by atoms with Crippen molar-refractivity contribution >= 4 is 0 Å². The Labute approximate surface area is 78.7 Å². The van der Waals surface area contributed by atoms with E-state index in [9.17, 15) is 4.39 Å². The number of aliphatic hydroxyl groups excluding tert-OH is 1. The van der Waals surface area contributed by atoms with E-state index < -0.39 is 5.67 Å². The molecule has 1 aliphatic heterocycles. The predicted molar refractivity (Wildman–Crippen MR) is 50.0 cm³/mol. The van der Waals surface area contributed by atoms with Crippen LogP contribution in [0, 0.1) is 12.3 Å². The number of rotatable bonds is 3. The highest BCUT2D eigenvalue weighted by molar-refractivity contribution is 4.90. The second-order valence-electron chi connectivity index (χ2n) is 3.64. The van der Waals surface area contributed by atoms with Crippen LogP contribution in [-0.2, 0) is 0 Å². The molecule has 13 heavy (non-hydrogen) atoms. The lowest BCUT2D eigenvalue weighted by molar-refractivity contribution is -0.000324. The van der Waals surface area contributed by atoms with Crippen molar-refractivity contribution < 1.29 is 9.50 Å². The maximum absolute atomic E-state index is 13.6. The second kappa shape index (κ2) is 4.59. The summed E-state index contributed by atoms with van der Waals surface area (Å²) in [6, 6.07) is 0. The van der Waals surface area contributed by atoms with Crippen molar-refractivity contribution in [1.29, 1.82) is 0 Å². The molecule has 0 aromatic heterocycles. The van der Waals surface area contributed by atoms with Crippen LogP contribution < -0.4 is 0 Å². The molecule has 1 aliphatic rings. The first-order valence-corrected chi connectivity index (χ1v) is 4.66. The highest BCUT2D eigenvalue weighted by Gasteiger charge is 2.34. The maximum atomic E-state index is 13.6. The van der Waals surface area contributed by atoms with Crippen LogP contribution in [0.2, 0.25) is 0 Å².